The molecule has 20 heavy (non-hydrogen) atoms. The van der Waals surface area contributed by atoms with Gasteiger partial charge in [0.25, 0.3) is 0 Å². The second-order valence-electron chi connectivity index (χ2n) is 7.32. The largest absolute Gasteiger partial charge is 0.463 e. The molecule has 2 heteroatoms. The Balaban J connectivity index is 1.55. The molecule has 1 unspecified atom stereocenters. The van der Waals surface area contributed by atoms with Crippen molar-refractivity contribution < 1.29 is 9.52 Å². The van der Waals surface area contributed by atoms with E-state index in [1.165, 1.54) is 38.5 Å². The van der Waals surface area contributed by atoms with Gasteiger partial charge in [-0.05, 0) is 75.3 Å². The molecular weight excluding hydrogens is 248 g/mol. The fourth-order valence-electron chi connectivity index (χ4n) is 5.16. The van der Waals surface area contributed by atoms with E-state index in [2.05, 4.69) is 11.8 Å². The van der Waals surface area contributed by atoms with Crippen molar-refractivity contribution in [3.8, 4) is 11.8 Å². The zero-order valence-electron chi connectivity index (χ0n) is 12.1. The van der Waals surface area contributed by atoms with Crippen molar-refractivity contribution >= 4 is 0 Å². The van der Waals surface area contributed by atoms with Crippen LogP contribution in [-0.2, 0) is 0 Å². The molecule has 4 aliphatic carbocycles. The average molecular weight is 270 g/mol. The van der Waals surface area contributed by atoms with Gasteiger partial charge in [-0.2, -0.15) is 0 Å². The topological polar surface area (TPSA) is 33.4 Å². The van der Waals surface area contributed by atoms with Crippen molar-refractivity contribution in [2.45, 2.75) is 51.6 Å². The van der Waals surface area contributed by atoms with Crippen LogP contribution < -0.4 is 0 Å². The molecule has 1 atom stereocenters. The quantitative estimate of drug-likeness (QED) is 0.787. The average Bonchev–Trinajstić information content (AvgIpc) is 2.81. The van der Waals surface area contributed by atoms with Crippen molar-refractivity contribution in [3.05, 3.63) is 23.7 Å². The zero-order chi connectivity index (χ0) is 13.7. The SMILES string of the molecule is Cc1ccc(C(O)C#CC23CC4CC(CC(C4)C2)C3)o1. The van der Waals surface area contributed by atoms with Crippen LogP contribution in [0.1, 0.15) is 56.1 Å². The van der Waals surface area contributed by atoms with Crippen molar-refractivity contribution in [2.24, 2.45) is 23.2 Å². The summed E-state index contributed by atoms with van der Waals surface area (Å²) in [5.41, 5.74) is 0.206. The first-order valence-electron chi connectivity index (χ1n) is 7.89. The van der Waals surface area contributed by atoms with Gasteiger partial charge in [0.05, 0.1) is 0 Å². The number of aliphatic hydroxyl groups excluding tert-OH is 1. The Morgan fingerprint density at radius 1 is 1.15 bits per heavy atom. The van der Waals surface area contributed by atoms with Gasteiger partial charge < -0.3 is 9.52 Å². The molecule has 0 saturated heterocycles. The maximum Gasteiger partial charge on any atom is 0.172 e. The maximum atomic E-state index is 10.2. The van der Waals surface area contributed by atoms with Crippen LogP contribution in [-0.4, -0.2) is 5.11 Å². The number of rotatable bonds is 1. The lowest BCUT2D eigenvalue weighted by molar-refractivity contribution is -0.0183. The van der Waals surface area contributed by atoms with Crippen molar-refractivity contribution in [2.75, 3.05) is 0 Å². The van der Waals surface area contributed by atoms with Gasteiger partial charge in [-0.25, -0.2) is 0 Å². The molecule has 1 heterocycles. The molecule has 0 radical (unpaired) electrons. The second-order valence-corrected chi connectivity index (χ2v) is 7.32. The summed E-state index contributed by atoms with van der Waals surface area (Å²) in [6.07, 6.45) is 7.31. The highest BCUT2D eigenvalue weighted by Crippen LogP contribution is 2.59. The Labute approximate surface area is 120 Å². The third-order valence-electron chi connectivity index (χ3n) is 5.54. The van der Waals surface area contributed by atoms with Gasteiger partial charge in [0.2, 0.25) is 0 Å². The third kappa shape index (κ3) is 2.09. The monoisotopic (exact) mass is 270 g/mol. The van der Waals surface area contributed by atoms with Gasteiger partial charge in [-0.15, -0.1) is 0 Å². The predicted octanol–water partition coefficient (Wildman–Crippen LogP) is 3.84. The summed E-state index contributed by atoms with van der Waals surface area (Å²) >= 11 is 0. The van der Waals surface area contributed by atoms with Gasteiger partial charge in [0.15, 0.2) is 6.10 Å². The minimum Gasteiger partial charge on any atom is -0.463 e. The van der Waals surface area contributed by atoms with Crippen LogP contribution in [0.4, 0.5) is 0 Å². The van der Waals surface area contributed by atoms with E-state index in [1.54, 1.807) is 0 Å². The summed E-state index contributed by atoms with van der Waals surface area (Å²) in [5.74, 6) is 10.7. The van der Waals surface area contributed by atoms with Gasteiger partial charge in [-0.3, -0.25) is 0 Å². The van der Waals surface area contributed by atoms with Gasteiger partial charge >= 0.3 is 0 Å². The molecule has 1 N–H and O–H groups in total. The molecule has 1 aromatic heterocycles. The van der Waals surface area contributed by atoms with Crippen molar-refractivity contribution in [1.82, 2.24) is 0 Å². The number of furan rings is 1. The van der Waals surface area contributed by atoms with Crippen LogP contribution in [0.3, 0.4) is 0 Å². The third-order valence-corrected chi connectivity index (χ3v) is 5.54. The van der Waals surface area contributed by atoms with E-state index in [4.69, 9.17) is 4.42 Å². The molecule has 0 aromatic carbocycles. The molecule has 2 nitrogen and oxygen atoms in total. The van der Waals surface area contributed by atoms with Gasteiger partial charge in [0, 0.05) is 5.41 Å². The van der Waals surface area contributed by atoms with Crippen LogP contribution in [0, 0.1) is 41.9 Å². The predicted molar refractivity (Wildman–Crippen MR) is 76.8 cm³/mol. The van der Waals surface area contributed by atoms with E-state index < -0.39 is 6.10 Å². The van der Waals surface area contributed by atoms with E-state index >= 15 is 0 Å². The summed E-state index contributed by atoms with van der Waals surface area (Å²) in [7, 11) is 0. The van der Waals surface area contributed by atoms with Crippen LogP contribution in [0.2, 0.25) is 0 Å². The summed E-state index contributed by atoms with van der Waals surface area (Å²) in [6.45, 7) is 1.89. The van der Waals surface area contributed by atoms with Gasteiger partial charge in [0.1, 0.15) is 11.5 Å². The Morgan fingerprint density at radius 2 is 1.75 bits per heavy atom. The lowest BCUT2D eigenvalue weighted by Gasteiger charge is -2.54. The molecule has 4 bridgehead atoms. The first kappa shape index (κ1) is 12.5. The highest BCUT2D eigenvalue weighted by molar-refractivity contribution is 5.24. The van der Waals surface area contributed by atoms with E-state index in [9.17, 15) is 5.11 Å². The standard InChI is InChI=1S/C18H22O2/c1-12-2-3-17(20-12)16(19)4-5-18-9-13-6-14(10-18)8-15(7-13)11-18/h2-3,13-16,19H,6-11H2,1H3. The molecule has 0 spiro atoms. The highest BCUT2D eigenvalue weighted by Gasteiger charge is 2.50. The Bertz CT molecular complexity index is 536. The van der Waals surface area contributed by atoms with Crippen LogP contribution in [0.5, 0.6) is 0 Å². The number of aliphatic hydroxyl groups is 1. The molecule has 0 amide bonds. The molecule has 5 rings (SSSR count). The van der Waals surface area contributed by atoms with E-state index in [0.717, 1.165) is 23.5 Å². The van der Waals surface area contributed by atoms with Crippen molar-refractivity contribution in [3.63, 3.8) is 0 Å². The van der Waals surface area contributed by atoms with Crippen LogP contribution >= 0.6 is 0 Å². The van der Waals surface area contributed by atoms with Crippen molar-refractivity contribution in [1.29, 1.82) is 0 Å². The first-order valence-corrected chi connectivity index (χ1v) is 7.89. The summed E-state index contributed by atoms with van der Waals surface area (Å²) in [5, 5.41) is 10.2. The molecule has 4 aliphatic rings. The molecular formula is C18H22O2. The number of aryl methyl sites for hydroxylation is 1. The summed E-state index contributed by atoms with van der Waals surface area (Å²) in [4.78, 5) is 0. The van der Waals surface area contributed by atoms with E-state index in [1.807, 2.05) is 19.1 Å². The number of hydrogen-bond donors (Lipinski definition) is 1. The Kier molecular flexibility index (Phi) is 2.76. The number of hydrogen-bond acceptors (Lipinski definition) is 2. The highest BCUT2D eigenvalue weighted by atomic mass is 16.4. The minimum absolute atomic E-state index is 0.206. The molecule has 0 aliphatic heterocycles. The maximum absolute atomic E-state index is 10.2. The zero-order valence-corrected chi connectivity index (χ0v) is 12.1. The summed E-state index contributed by atoms with van der Waals surface area (Å²) < 4.78 is 5.46. The lowest BCUT2D eigenvalue weighted by Crippen LogP contribution is -2.45. The summed E-state index contributed by atoms with van der Waals surface area (Å²) in [6, 6.07) is 3.71. The second kappa shape index (κ2) is 4.40. The molecule has 1 aromatic rings. The molecule has 4 saturated carbocycles. The van der Waals surface area contributed by atoms with Crippen LogP contribution in [0.25, 0.3) is 0 Å². The normalized spacial score (nSPS) is 39.4. The molecule has 106 valence electrons. The first-order chi connectivity index (χ1) is 9.62. The van der Waals surface area contributed by atoms with Crippen LogP contribution in [0.15, 0.2) is 16.5 Å². The minimum atomic E-state index is -0.767. The fraction of sp³-hybridized carbons (Fsp3) is 0.667. The van der Waals surface area contributed by atoms with E-state index in [0.29, 0.717) is 5.76 Å². The Hall–Kier alpha value is -1.20. The smallest absolute Gasteiger partial charge is 0.172 e. The molecule has 4 fully saturated rings. The van der Waals surface area contributed by atoms with Gasteiger partial charge in [-0.1, -0.05) is 11.8 Å². The van der Waals surface area contributed by atoms with E-state index in [-0.39, 0.29) is 5.41 Å². The fourth-order valence-corrected chi connectivity index (χ4v) is 5.16. The Morgan fingerprint density at radius 3 is 2.25 bits per heavy atom. The lowest BCUT2D eigenvalue weighted by atomic mass is 9.50.